The molecule has 0 atom stereocenters. The molecule has 0 unspecified atom stereocenters. The minimum absolute atomic E-state index is 0.271. The molecule has 94 valence electrons. The zero-order valence-electron chi connectivity index (χ0n) is 10.8. The number of ketones is 1. The third-order valence-electron chi connectivity index (χ3n) is 2.96. The van der Waals surface area contributed by atoms with Crippen LogP contribution in [0.25, 0.3) is 0 Å². The summed E-state index contributed by atoms with van der Waals surface area (Å²) in [5.41, 5.74) is 2.27. The van der Waals surface area contributed by atoms with Crippen molar-refractivity contribution in [3.63, 3.8) is 0 Å². The summed E-state index contributed by atoms with van der Waals surface area (Å²) >= 11 is 1.63. The summed E-state index contributed by atoms with van der Waals surface area (Å²) in [5.74, 6) is 0.271. The van der Waals surface area contributed by atoms with Crippen LogP contribution in [0.2, 0.25) is 0 Å². The van der Waals surface area contributed by atoms with Gasteiger partial charge in [-0.25, -0.2) is 4.98 Å². The molecule has 2 rings (SSSR count). The van der Waals surface area contributed by atoms with E-state index in [0.717, 1.165) is 17.1 Å². The van der Waals surface area contributed by atoms with Gasteiger partial charge in [-0.15, -0.1) is 11.3 Å². The molecule has 2 aromatic rings. The lowest BCUT2D eigenvalue weighted by atomic mass is 10.1. The second kappa shape index (κ2) is 5.91. The first-order valence-electron chi connectivity index (χ1n) is 6.13. The van der Waals surface area contributed by atoms with Crippen LogP contribution >= 0.6 is 11.3 Å². The SMILES string of the molecule is Cc1nc(CC(=O)CCc2ccccc2)sc1C. The number of benzene rings is 1. The first-order valence-corrected chi connectivity index (χ1v) is 6.95. The van der Waals surface area contributed by atoms with E-state index in [9.17, 15) is 4.79 Å². The van der Waals surface area contributed by atoms with Crippen LogP contribution in [-0.4, -0.2) is 10.8 Å². The number of carbonyl (C=O) groups is 1. The number of hydrogen-bond donors (Lipinski definition) is 0. The van der Waals surface area contributed by atoms with Crippen molar-refractivity contribution in [1.29, 1.82) is 0 Å². The molecule has 0 aliphatic heterocycles. The van der Waals surface area contributed by atoms with E-state index in [2.05, 4.69) is 17.1 Å². The zero-order chi connectivity index (χ0) is 13.0. The predicted octanol–water partition coefficient (Wildman–Crippen LogP) is 3.50. The van der Waals surface area contributed by atoms with Crippen molar-refractivity contribution >= 4 is 17.1 Å². The highest BCUT2D eigenvalue weighted by Gasteiger charge is 2.09. The van der Waals surface area contributed by atoms with E-state index in [-0.39, 0.29) is 5.78 Å². The first kappa shape index (κ1) is 13.0. The van der Waals surface area contributed by atoms with E-state index in [1.807, 2.05) is 32.0 Å². The summed E-state index contributed by atoms with van der Waals surface area (Å²) in [6.07, 6.45) is 1.90. The fraction of sp³-hybridized carbons (Fsp3) is 0.333. The van der Waals surface area contributed by atoms with Crippen LogP contribution in [0.1, 0.15) is 27.6 Å². The third-order valence-corrected chi connectivity index (χ3v) is 4.03. The van der Waals surface area contributed by atoms with Crippen molar-refractivity contribution in [3.05, 3.63) is 51.5 Å². The largest absolute Gasteiger partial charge is 0.299 e. The van der Waals surface area contributed by atoms with Crippen molar-refractivity contribution in [2.75, 3.05) is 0 Å². The van der Waals surface area contributed by atoms with E-state index in [0.29, 0.717) is 12.8 Å². The maximum Gasteiger partial charge on any atom is 0.140 e. The summed E-state index contributed by atoms with van der Waals surface area (Å²) in [6, 6.07) is 10.1. The van der Waals surface area contributed by atoms with Crippen LogP contribution < -0.4 is 0 Å². The number of aryl methyl sites for hydroxylation is 3. The Hall–Kier alpha value is -1.48. The summed E-state index contributed by atoms with van der Waals surface area (Å²) < 4.78 is 0. The van der Waals surface area contributed by atoms with Crippen molar-refractivity contribution < 1.29 is 4.79 Å². The average molecular weight is 259 g/mol. The number of carbonyl (C=O) groups excluding carboxylic acids is 1. The Morgan fingerprint density at radius 3 is 2.56 bits per heavy atom. The Labute approximate surface area is 112 Å². The van der Waals surface area contributed by atoms with Gasteiger partial charge in [0.15, 0.2) is 0 Å². The fourth-order valence-corrected chi connectivity index (χ4v) is 2.76. The summed E-state index contributed by atoms with van der Waals surface area (Å²) in [5, 5.41) is 0.947. The highest BCUT2D eigenvalue weighted by molar-refractivity contribution is 7.11. The number of nitrogens with zero attached hydrogens (tertiary/aromatic N) is 1. The molecule has 0 saturated heterocycles. The lowest BCUT2D eigenvalue weighted by Crippen LogP contribution is -2.04. The molecule has 0 radical (unpaired) electrons. The van der Waals surface area contributed by atoms with Gasteiger partial charge in [0.25, 0.3) is 0 Å². The van der Waals surface area contributed by atoms with E-state index < -0.39 is 0 Å². The number of Topliss-reactive ketones (excluding diaryl/α,β-unsaturated/α-hetero) is 1. The van der Waals surface area contributed by atoms with Crippen molar-refractivity contribution in [3.8, 4) is 0 Å². The van der Waals surface area contributed by atoms with Gasteiger partial charge in [-0.2, -0.15) is 0 Å². The van der Waals surface area contributed by atoms with Gasteiger partial charge in [-0.1, -0.05) is 30.3 Å². The molecule has 2 nitrogen and oxygen atoms in total. The first-order chi connectivity index (χ1) is 8.65. The Kier molecular flexibility index (Phi) is 4.26. The minimum atomic E-state index is 0.271. The predicted molar refractivity (Wildman–Crippen MR) is 75.1 cm³/mol. The van der Waals surface area contributed by atoms with Crippen LogP contribution in [0.4, 0.5) is 0 Å². The lowest BCUT2D eigenvalue weighted by Gasteiger charge is -1.99. The van der Waals surface area contributed by atoms with Crippen LogP contribution in [0.3, 0.4) is 0 Å². The molecular weight excluding hydrogens is 242 g/mol. The quantitative estimate of drug-likeness (QED) is 0.822. The molecule has 0 aliphatic carbocycles. The molecule has 0 N–H and O–H groups in total. The number of thiazole rings is 1. The third kappa shape index (κ3) is 3.50. The molecule has 0 amide bonds. The van der Waals surface area contributed by atoms with Crippen LogP contribution in [-0.2, 0) is 17.6 Å². The average Bonchev–Trinajstić information content (AvgIpc) is 2.67. The Morgan fingerprint density at radius 1 is 1.22 bits per heavy atom. The Bertz CT molecular complexity index is 511. The Morgan fingerprint density at radius 2 is 1.94 bits per heavy atom. The molecular formula is C15H17NOS. The fourth-order valence-electron chi connectivity index (χ4n) is 1.80. The van der Waals surface area contributed by atoms with E-state index >= 15 is 0 Å². The molecule has 1 aromatic carbocycles. The van der Waals surface area contributed by atoms with Crippen molar-refractivity contribution in [2.45, 2.75) is 33.1 Å². The van der Waals surface area contributed by atoms with Crippen LogP contribution in [0, 0.1) is 13.8 Å². The topological polar surface area (TPSA) is 30.0 Å². The van der Waals surface area contributed by atoms with Crippen molar-refractivity contribution in [1.82, 2.24) is 4.98 Å². The molecule has 0 saturated carbocycles. The van der Waals surface area contributed by atoms with Gasteiger partial charge in [-0.05, 0) is 25.8 Å². The monoisotopic (exact) mass is 259 g/mol. The molecule has 18 heavy (non-hydrogen) atoms. The summed E-state index contributed by atoms with van der Waals surface area (Å²) in [6.45, 7) is 4.04. The second-order valence-corrected chi connectivity index (χ2v) is 5.74. The number of aromatic nitrogens is 1. The zero-order valence-corrected chi connectivity index (χ0v) is 11.6. The van der Waals surface area contributed by atoms with E-state index in [1.54, 1.807) is 11.3 Å². The maximum absolute atomic E-state index is 11.9. The smallest absolute Gasteiger partial charge is 0.140 e. The maximum atomic E-state index is 11.9. The molecule has 0 aliphatic rings. The van der Waals surface area contributed by atoms with Gasteiger partial charge in [0.1, 0.15) is 10.8 Å². The van der Waals surface area contributed by atoms with Crippen molar-refractivity contribution in [2.24, 2.45) is 0 Å². The molecule has 3 heteroatoms. The van der Waals surface area contributed by atoms with Gasteiger partial charge in [-0.3, -0.25) is 4.79 Å². The van der Waals surface area contributed by atoms with Gasteiger partial charge >= 0.3 is 0 Å². The molecule has 0 fully saturated rings. The Balaban J connectivity index is 1.86. The normalized spacial score (nSPS) is 10.6. The highest BCUT2D eigenvalue weighted by Crippen LogP contribution is 2.17. The van der Waals surface area contributed by atoms with Gasteiger partial charge in [0.05, 0.1) is 12.1 Å². The number of hydrogen-bond acceptors (Lipinski definition) is 3. The minimum Gasteiger partial charge on any atom is -0.299 e. The highest BCUT2D eigenvalue weighted by atomic mass is 32.1. The molecule has 1 aromatic heterocycles. The van der Waals surface area contributed by atoms with Gasteiger partial charge in [0, 0.05) is 11.3 Å². The van der Waals surface area contributed by atoms with Crippen LogP contribution in [0.5, 0.6) is 0 Å². The van der Waals surface area contributed by atoms with Gasteiger partial charge in [0.2, 0.25) is 0 Å². The van der Waals surface area contributed by atoms with E-state index in [4.69, 9.17) is 0 Å². The standard InChI is InChI=1S/C15H17NOS/c1-11-12(2)18-15(16-11)10-14(17)9-8-13-6-4-3-5-7-13/h3-7H,8-10H2,1-2H3. The molecule has 0 bridgehead atoms. The summed E-state index contributed by atoms with van der Waals surface area (Å²) in [4.78, 5) is 17.5. The summed E-state index contributed by atoms with van der Waals surface area (Å²) in [7, 11) is 0. The molecule has 0 spiro atoms. The van der Waals surface area contributed by atoms with Crippen LogP contribution in [0.15, 0.2) is 30.3 Å². The van der Waals surface area contributed by atoms with Gasteiger partial charge < -0.3 is 0 Å². The second-order valence-electron chi connectivity index (χ2n) is 4.45. The molecule has 1 heterocycles. The number of rotatable bonds is 5. The van der Waals surface area contributed by atoms with E-state index in [1.165, 1.54) is 10.4 Å². The lowest BCUT2D eigenvalue weighted by molar-refractivity contribution is -0.118.